The zero-order chi connectivity index (χ0) is 16.5. The van der Waals surface area contributed by atoms with Gasteiger partial charge in [-0.2, -0.15) is 0 Å². The Hall–Kier alpha value is -2.97. The van der Waals surface area contributed by atoms with E-state index in [1.54, 1.807) is 20.8 Å². The number of benzene rings is 1. The normalized spacial score (nSPS) is 12.0. The van der Waals surface area contributed by atoms with Crippen LogP contribution in [0.15, 0.2) is 28.4 Å². The van der Waals surface area contributed by atoms with Gasteiger partial charge in [0.05, 0.1) is 10.4 Å². The first-order valence-electron chi connectivity index (χ1n) is 6.31. The summed E-state index contributed by atoms with van der Waals surface area (Å²) < 4.78 is 4.95. The van der Waals surface area contributed by atoms with Crippen LogP contribution in [0.3, 0.4) is 0 Å². The quantitative estimate of drug-likeness (QED) is 0.495. The molecule has 0 radical (unpaired) electrons. The molecule has 0 saturated carbocycles. The fourth-order valence-electron chi connectivity index (χ4n) is 1.74. The lowest BCUT2D eigenvalue weighted by atomic mass is 10.2. The number of nitro groups is 1. The van der Waals surface area contributed by atoms with E-state index < -0.39 is 16.6 Å². The van der Waals surface area contributed by atoms with Crippen molar-refractivity contribution in [2.24, 2.45) is 10.2 Å². The Bertz CT molecular complexity index is 773. The van der Waals surface area contributed by atoms with Crippen LogP contribution in [0.1, 0.15) is 20.8 Å². The average Bonchev–Trinajstić information content (AvgIpc) is 2.68. The largest absolute Gasteiger partial charge is 0.493 e. The summed E-state index contributed by atoms with van der Waals surface area (Å²) in [5.74, 6) is -0.345. The summed E-state index contributed by atoms with van der Waals surface area (Å²) in [4.78, 5) is 24.3. The number of aromatic nitrogens is 1. The van der Waals surface area contributed by atoms with Crippen molar-refractivity contribution >= 4 is 28.4 Å². The van der Waals surface area contributed by atoms with Crippen LogP contribution < -0.4 is 0 Å². The minimum Gasteiger partial charge on any atom is -0.493 e. The number of nitrogens with one attached hydrogen (secondary N) is 1. The molecule has 2 aromatic rings. The zero-order valence-electron chi connectivity index (χ0n) is 12.2. The second-order valence-electron chi connectivity index (χ2n) is 5.49. The molecule has 1 aromatic carbocycles. The lowest BCUT2D eigenvalue weighted by Crippen LogP contribution is -2.21. The van der Waals surface area contributed by atoms with Crippen molar-refractivity contribution < 1.29 is 19.6 Å². The van der Waals surface area contributed by atoms with Gasteiger partial charge in [0.1, 0.15) is 5.60 Å². The van der Waals surface area contributed by atoms with Crippen molar-refractivity contribution in [3.05, 3.63) is 28.3 Å². The Balaban J connectivity index is 2.38. The molecule has 2 N–H and O–H groups in total. The molecule has 0 fully saturated rings. The van der Waals surface area contributed by atoms with Crippen molar-refractivity contribution in [2.75, 3.05) is 0 Å². The van der Waals surface area contributed by atoms with Crippen molar-refractivity contribution in [3.63, 3.8) is 0 Å². The Kier molecular flexibility index (Phi) is 3.81. The van der Waals surface area contributed by atoms with Gasteiger partial charge in [0, 0.05) is 17.5 Å². The molecule has 1 heterocycles. The van der Waals surface area contributed by atoms with Crippen LogP contribution in [0.2, 0.25) is 0 Å². The predicted octanol–water partition coefficient (Wildman–Crippen LogP) is 3.80. The van der Waals surface area contributed by atoms with E-state index in [1.807, 2.05) is 0 Å². The van der Waals surface area contributed by atoms with Crippen molar-refractivity contribution in [3.8, 4) is 5.88 Å². The van der Waals surface area contributed by atoms with Crippen LogP contribution in [0.25, 0.3) is 10.9 Å². The Morgan fingerprint density at radius 1 is 1.41 bits per heavy atom. The van der Waals surface area contributed by atoms with Crippen LogP contribution in [0.4, 0.5) is 16.2 Å². The smallest absolute Gasteiger partial charge is 0.452 e. The van der Waals surface area contributed by atoms with Crippen LogP contribution in [-0.4, -0.2) is 26.7 Å². The van der Waals surface area contributed by atoms with Gasteiger partial charge in [0.15, 0.2) is 5.69 Å². The SMILES string of the molecule is CC(C)(C)OC(=O)N=Nc1c(O)[nH]c2ccc([N+](=O)[O-])cc12. The van der Waals surface area contributed by atoms with Gasteiger partial charge in [-0.15, -0.1) is 5.11 Å². The summed E-state index contributed by atoms with van der Waals surface area (Å²) in [6, 6.07) is 3.95. The van der Waals surface area contributed by atoms with Gasteiger partial charge < -0.3 is 14.8 Å². The number of hydrogen-bond acceptors (Lipinski definition) is 6. The number of fused-ring (bicyclic) bond motifs is 1. The number of azo groups is 1. The third-order valence-electron chi connectivity index (χ3n) is 2.57. The molecule has 116 valence electrons. The van der Waals surface area contributed by atoms with Gasteiger partial charge in [-0.1, -0.05) is 5.11 Å². The molecule has 0 aliphatic carbocycles. The molecule has 0 atom stereocenters. The highest BCUT2D eigenvalue weighted by atomic mass is 16.6. The van der Waals surface area contributed by atoms with E-state index in [9.17, 15) is 20.0 Å². The zero-order valence-corrected chi connectivity index (χ0v) is 12.2. The third kappa shape index (κ3) is 3.37. The molecule has 0 spiro atoms. The van der Waals surface area contributed by atoms with E-state index >= 15 is 0 Å². The van der Waals surface area contributed by atoms with Crippen LogP contribution in [0, 0.1) is 10.1 Å². The van der Waals surface area contributed by atoms with Gasteiger partial charge in [-0.3, -0.25) is 10.1 Å². The molecule has 0 aliphatic heterocycles. The molecule has 0 saturated heterocycles. The number of nitrogens with zero attached hydrogens (tertiary/aromatic N) is 3. The van der Waals surface area contributed by atoms with Crippen molar-refractivity contribution in [2.45, 2.75) is 26.4 Å². The number of ether oxygens (including phenoxy) is 1. The van der Waals surface area contributed by atoms with E-state index in [-0.39, 0.29) is 22.6 Å². The van der Waals surface area contributed by atoms with Gasteiger partial charge in [-0.05, 0) is 26.8 Å². The Morgan fingerprint density at radius 2 is 2.09 bits per heavy atom. The Morgan fingerprint density at radius 3 is 2.68 bits per heavy atom. The molecule has 1 amide bonds. The third-order valence-corrected chi connectivity index (χ3v) is 2.57. The number of nitro benzene ring substituents is 1. The molecule has 1 aromatic heterocycles. The molecule has 9 heteroatoms. The second-order valence-corrected chi connectivity index (χ2v) is 5.49. The van der Waals surface area contributed by atoms with Gasteiger partial charge >= 0.3 is 6.09 Å². The first kappa shape index (κ1) is 15.4. The summed E-state index contributed by atoms with van der Waals surface area (Å²) in [5, 5.41) is 27.8. The lowest BCUT2D eigenvalue weighted by molar-refractivity contribution is -0.384. The van der Waals surface area contributed by atoms with E-state index in [1.165, 1.54) is 18.2 Å². The average molecular weight is 306 g/mol. The number of carbonyl (C=O) groups is 1. The molecule has 2 rings (SSSR count). The molecule has 0 unspecified atom stereocenters. The minimum atomic E-state index is -0.924. The number of non-ortho nitro benzene ring substituents is 1. The second kappa shape index (κ2) is 5.43. The molecular weight excluding hydrogens is 292 g/mol. The van der Waals surface area contributed by atoms with Gasteiger partial charge in [0.25, 0.3) is 5.69 Å². The minimum absolute atomic E-state index is 0.0652. The number of aromatic amines is 1. The lowest BCUT2D eigenvalue weighted by Gasteiger charge is -2.16. The fourth-order valence-corrected chi connectivity index (χ4v) is 1.74. The number of hydrogen-bond donors (Lipinski definition) is 2. The summed E-state index contributed by atoms with van der Waals surface area (Å²) in [7, 11) is 0. The number of carbonyl (C=O) groups excluding carboxylic acids is 1. The highest BCUT2D eigenvalue weighted by Gasteiger charge is 2.18. The fraction of sp³-hybridized carbons (Fsp3) is 0.308. The predicted molar refractivity (Wildman–Crippen MR) is 77.4 cm³/mol. The summed E-state index contributed by atoms with van der Waals surface area (Å²) >= 11 is 0. The van der Waals surface area contributed by atoms with Crippen LogP contribution in [-0.2, 0) is 4.74 Å². The first-order valence-corrected chi connectivity index (χ1v) is 6.31. The molecule has 22 heavy (non-hydrogen) atoms. The van der Waals surface area contributed by atoms with Crippen molar-refractivity contribution in [1.29, 1.82) is 0 Å². The van der Waals surface area contributed by atoms with Crippen molar-refractivity contribution in [1.82, 2.24) is 4.98 Å². The molecule has 9 nitrogen and oxygen atoms in total. The maximum atomic E-state index is 11.5. The number of amides is 1. The van der Waals surface area contributed by atoms with Crippen LogP contribution >= 0.6 is 0 Å². The van der Waals surface area contributed by atoms with E-state index in [0.29, 0.717) is 5.52 Å². The first-order chi connectivity index (χ1) is 10.2. The summed E-state index contributed by atoms with van der Waals surface area (Å²) in [5.41, 5.74) is -0.525. The maximum absolute atomic E-state index is 11.5. The highest BCUT2D eigenvalue weighted by molar-refractivity contribution is 5.95. The topological polar surface area (TPSA) is 130 Å². The van der Waals surface area contributed by atoms with Crippen LogP contribution in [0.5, 0.6) is 5.88 Å². The molecule has 0 bridgehead atoms. The van der Waals surface area contributed by atoms with E-state index in [0.717, 1.165) is 0 Å². The molecular formula is C13H14N4O5. The monoisotopic (exact) mass is 306 g/mol. The number of rotatable bonds is 2. The Labute approximate surface area is 124 Å². The summed E-state index contributed by atoms with van der Waals surface area (Å²) in [6.07, 6.45) is -0.924. The number of H-pyrrole nitrogens is 1. The number of aromatic hydroxyl groups is 1. The highest BCUT2D eigenvalue weighted by Crippen LogP contribution is 2.37. The van der Waals surface area contributed by atoms with E-state index in [2.05, 4.69) is 15.2 Å². The standard InChI is InChI=1S/C13H14N4O5/c1-13(2,3)22-12(19)16-15-10-8-6-7(17(20)21)4-5-9(8)14-11(10)18/h4-6,14,18H,1-3H3. The summed E-state index contributed by atoms with van der Waals surface area (Å²) in [6.45, 7) is 5.02. The van der Waals surface area contributed by atoms with Gasteiger partial charge in [-0.25, -0.2) is 4.79 Å². The van der Waals surface area contributed by atoms with E-state index in [4.69, 9.17) is 4.74 Å². The molecule has 0 aliphatic rings. The maximum Gasteiger partial charge on any atom is 0.452 e. The van der Waals surface area contributed by atoms with Gasteiger partial charge in [0.2, 0.25) is 5.88 Å².